The van der Waals surface area contributed by atoms with Gasteiger partial charge in [0.05, 0.1) is 12.2 Å². The summed E-state index contributed by atoms with van der Waals surface area (Å²) in [5.74, 6) is -0.437. The molecule has 3 aromatic carbocycles. The first-order valence-corrected chi connectivity index (χ1v) is 11.2. The molecule has 0 radical (unpaired) electrons. The monoisotopic (exact) mass is 538 g/mol. The molecule has 1 aromatic heterocycles. The number of aliphatic hydroxyl groups excluding tert-OH is 1. The average Bonchev–Trinajstić information content (AvgIpc) is 3.18. The Kier molecular flexibility index (Phi) is 9.66. The van der Waals surface area contributed by atoms with E-state index in [4.69, 9.17) is 14.6 Å². The molecule has 0 fully saturated rings. The molecule has 4 aromatic rings. The van der Waals surface area contributed by atoms with Gasteiger partial charge in [-0.2, -0.15) is 13.2 Å². The Bertz CT molecular complexity index is 1490. The van der Waals surface area contributed by atoms with Gasteiger partial charge in [-0.05, 0) is 59.0 Å². The number of aliphatic hydroxyl groups is 1. The summed E-state index contributed by atoms with van der Waals surface area (Å²) in [7, 11) is 0. The molecule has 0 aliphatic rings. The van der Waals surface area contributed by atoms with Gasteiger partial charge in [0.1, 0.15) is 24.7 Å². The van der Waals surface area contributed by atoms with Crippen LogP contribution >= 0.6 is 0 Å². The molecular weight excluding hydrogens is 516 g/mol. The third kappa shape index (κ3) is 6.98. The van der Waals surface area contributed by atoms with Gasteiger partial charge >= 0.3 is 41.5 Å². The topological polar surface area (TPSA) is 105 Å². The molecule has 0 bridgehead atoms. The van der Waals surface area contributed by atoms with E-state index in [1.54, 1.807) is 49.4 Å². The molecule has 0 saturated carbocycles. The Morgan fingerprint density at radius 3 is 2.32 bits per heavy atom. The van der Waals surface area contributed by atoms with Crippen LogP contribution in [-0.2, 0) is 19.3 Å². The van der Waals surface area contributed by atoms with Crippen LogP contribution in [0, 0.1) is 6.92 Å². The molecule has 0 aliphatic heterocycles. The number of halogens is 3. The Morgan fingerprint density at radius 1 is 0.974 bits per heavy atom. The van der Waals surface area contributed by atoms with Crippen LogP contribution in [0.5, 0.6) is 11.5 Å². The zero-order chi connectivity index (χ0) is 26.6. The van der Waals surface area contributed by atoms with E-state index >= 15 is 0 Å². The number of benzene rings is 3. The second kappa shape index (κ2) is 12.5. The zero-order valence-corrected chi connectivity index (χ0v) is 22.6. The number of hydrogen-bond donors (Lipinski definition) is 1. The first-order valence-electron chi connectivity index (χ1n) is 11.2. The molecule has 1 N–H and O–H groups in total. The molecule has 0 spiro atoms. The largest absolute Gasteiger partial charge is 1.00 e. The summed E-state index contributed by atoms with van der Waals surface area (Å²) < 4.78 is 58.1. The van der Waals surface area contributed by atoms with Gasteiger partial charge in [-0.25, -0.2) is 4.79 Å². The van der Waals surface area contributed by atoms with Crippen LogP contribution < -0.4 is 55.5 Å². The maximum atomic E-state index is 13.9. The van der Waals surface area contributed by atoms with Crippen LogP contribution in [0.15, 0.2) is 74.8 Å². The van der Waals surface area contributed by atoms with Crippen molar-refractivity contribution in [3.63, 3.8) is 0 Å². The van der Waals surface area contributed by atoms with Crippen molar-refractivity contribution in [2.75, 3.05) is 13.2 Å². The normalized spacial score (nSPS) is 11.2. The van der Waals surface area contributed by atoms with Crippen LogP contribution in [0.2, 0.25) is 0 Å². The van der Waals surface area contributed by atoms with Gasteiger partial charge in [0.25, 0.3) is 0 Å². The van der Waals surface area contributed by atoms with Crippen molar-refractivity contribution < 1.29 is 61.8 Å². The molecule has 4 rings (SSSR count). The quantitative estimate of drug-likeness (QED) is 0.314. The van der Waals surface area contributed by atoms with E-state index in [9.17, 15) is 22.8 Å². The first-order chi connectivity index (χ1) is 17.7. The van der Waals surface area contributed by atoms with Gasteiger partial charge < -0.3 is 24.1 Å². The molecule has 8 nitrogen and oxygen atoms in total. The van der Waals surface area contributed by atoms with Gasteiger partial charge in [0.15, 0.2) is 5.69 Å². The maximum absolute atomic E-state index is 13.9. The average molecular weight is 538 g/mol. The van der Waals surface area contributed by atoms with Crippen molar-refractivity contribution in [2.24, 2.45) is 0 Å². The predicted molar refractivity (Wildman–Crippen MR) is 127 cm³/mol. The van der Waals surface area contributed by atoms with Crippen molar-refractivity contribution in [1.29, 1.82) is 0 Å². The van der Waals surface area contributed by atoms with Crippen LogP contribution in [0.1, 0.15) is 22.3 Å². The molecule has 0 amide bonds. The van der Waals surface area contributed by atoms with E-state index in [0.717, 1.165) is 10.8 Å². The fourth-order valence-electron chi connectivity index (χ4n) is 3.78. The minimum Gasteiger partial charge on any atom is -0.491 e. The molecule has 38 heavy (non-hydrogen) atoms. The van der Waals surface area contributed by atoms with E-state index < -0.39 is 23.2 Å². The van der Waals surface area contributed by atoms with Crippen molar-refractivity contribution in [3.8, 4) is 22.6 Å². The zero-order valence-electron chi connectivity index (χ0n) is 20.6. The Balaban J connectivity index is 0.00000400. The Morgan fingerprint density at radius 2 is 1.68 bits per heavy atom. The summed E-state index contributed by atoms with van der Waals surface area (Å²) in [5, 5.41) is 8.89. The SMILES string of the molecule is Cc1c(COc2ccc(Cn3oc(=O)[n-]c3=O)cc2)cccc1-c1ccc(OCCO)cc1C(F)(F)F.[Na+]. The minimum absolute atomic E-state index is 0. The molecule has 0 aliphatic carbocycles. The third-order valence-electron chi connectivity index (χ3n) is 5.63. The maximum Gasteiger partial charge on any atom is 1.00 e. The van der Waals surface area contributed by atoms with Crippen LogP contribution in [0.3, 0.4) is 0 Å². The number of nitrogens with zero attached hydrogens (tertiary/aromatic N) is 2. The van der Waals surface area contributed by atoms with E-state index in [2.05, 4.69) is 9.51 Å². The third-order valence-corrected chi connectivity index (χ3v) is 5.63. The fraction of sp³-hybridized carbons (Fsp3) is 0.231. The van der Waals surface area contributed by atoms with Crippen molar-refractivity contribution >= 4 is 0 Å². The van der Waals surface area contributed by atoms with Gasteiger partial charge in [-0.15, -0.1) is 0 Å². The molecular formula is C26H22F3N2NaO6. The van der Waals surface area contributed by atoms with E-state index in [1.165, 1.54) is 12.1 Å². The molecule has 194 valence electrons. The van der Waals surface area contributed by atoms with Gasteiger partial charge in [-0.3, -0.25) is 9.53 Å². The summed E-state index contributed by atoms with van der Waals surface area (Å²) in [4.78, 5) is 25.7. The molecule has 1 heterocycles. The first kappa shape index (κ1) is 29.3. The van der Waals surface area contributed by atoms with Gasteiger partial charge in [0.2, 0.25) is 0 Å². The molecule has 0 atom stereocenters. The second-order valence-corrected chi connectivity index (χ2v) is 8.09. The number of hydrogen-bond acceptors (Lipinski definition) is 6. The smallest absolute Gasteiger partial charge is 0.491 e. The van der Waals surface area contributed by atoms with Crippen molar-refractivity contribution in [3.05, 3.63) is 104 Å². The number of rotatable bonds is 9. The van der Waals surface area contributed by atoms with Crippen LogP contribution in [0.4, 0.5) is 13.2 Å². The van der Waals surface area contributed by atoms with E-state index in [0.29, 0.717) is 28.0 Å². The van der Waals surface area contributed by atoms with Crippen LogP contribution in [-0.4, -0.2) is 23.1 Å². The summed E-state index contributed by atoms with van der Waals surface area (Å²) in [6, 6.07) is 15.5. The second-order valence-electron chi connectivity index (χ2n) is 8.09. The van der Waals surface area contributed by atoms with Crippen molar-refractivity contribution in [2.45, 2.75) is 26.3 Å². The fourth-order valence-corrected chi connectivity index (χ4v) is 3.78. The Hall–Kier alpha value is -3.25. The van der Waals surface area contributed by atoms with E-state index in [1.807, 2.05) is 0 Å². The summed E-state index contributed by atoms with van der Waals surface area (Å²) in [6.45, 7) is 1.45. The molecule has 0 unspecified atom stereocenters. The molecule has 12 heteroatoms. The number of aromatic nitrogens is 2. The Labute approximate surface area is 236 Å². The van der Waals surface area contributed by atoms with Gasteiger partial charge in [-0.1, -0.05) is 36.4 Å². The summed E-state index contributed by atoms with van der Waals surface area (Å²) in [5.41, 5.74) is 0.814. The summed E-state index contributed by atoms with van der Waals surface area (Å²) in [6.07, 6.45) is -4.61. The number of ether oxygens (including phenoxy) is 2. The predicted octanol–water partition coefficient (Wildman–Crippen LogP) is 0.755. The number of alkyl halides is 3. The van der Waals surface area contributed by atoms with Crippen molar-refractivity contribution in [1.82, 2.24) is 9.72 Å². The molecule has 0 saturated heterocycles. The standard InChI is InChI=1S/C26H23F3N2O6.Na/c1-16-18(15-36-19-7-5-17(6-8-19)14-31-24(33)30-25(34)37-31)3-2-4-21(16)22-10-9-20(35-12-11-32)13-23(22)26(27,28)29;/h2-10,13,32H,11-12,14-15H2,1H3,(H,30,33,34);/q;+1/p-1. The summed E-state index contributed by atoms with van der Waals surface area (Å²) >= 11 is 0. The van der Waals surface area contributed by atoms with Crippen LogP contribution in [0.25, 0.3) is 11.1 Å². The van der Waals surface area contributed by atoms with Gasteiger partial charge in [0, 0.05) is 6.54 Å². The van der Waals surface area contributed by atoms with E-state index in [-0.39, 0.29) is 67.2 Å². The minimum atomic E-state index is -4.61.